The van der Waals surface area contributed by atoms with Gasteiger partial charge in [0.25, 0.3) is 0 Å². The zero-order chi connectivity index (χ0) is 14.8. The van der Waals surface area contributed by atoms with Gasteiger partial charge in [0.05, 0.1) is 11.7 Å². The molecule has 1 aromatic rings. The molecular formula is C14H20N2O3S. The molecule has 0 aromatic heterocycles. The Morgan fingerprint density at radius 2 is 2.00 bits per heavy atom. The number of sulfonamides is 1. The third kappa shape index (κ3) is 3.58. The number of hydrogen-bond donors (Lipinski definition) is 2. The van der Waals surface area contributed by atoms with E-state index in [1.165, 1.54) is 0 Å². The number of carbonyl (C=O) groups excluding carboxylic acids is 1. The molecule has 0 heterocycles. The minimum atomic E-state index is -3.20. The highest BCUT2D eigenvalue weighted by atomic mass is 32.2. The Balaban J connectivity index is 1.92. The molecule has 0 aliphatic heterocycles. The molecule has 0 atom stereocenters. The van der Waals surface area contributed by atoms with Crippen molar-refractivity contribution in [2.75, 3.05) is 19.3 Å². The highest BCUT2D eigenvalue weighted by Crippen LogP contribution is 2.48. The summed E-state index contributed by atoms with van der Waals surface area (Å²) in [5.74, 6) is -0.0154. The van der Waals surface area contributed by atoms with Gasteiger partial charge in [-0.1, -0.05) is 29.8 Å². The van der Waals surface area contributed by atoms with Crippen molar-refractivity contribution in [1.82, 2.24) is 10.0 Å². The standard InChI is InChI=1S/C14H20N2O3S/c1-11-4-3-5-12(10-11)14(6-7-14)13(17)15-8-9-16-20(2,18)19/h3-5,10,16H,6-9H2,1-2H3,(H,15,17). The fraction of sp³-hybridized carbons (Fsp3) is 0.500. The average Bonchev–Trinajstić information content (AvgIpc) is 3.14. The van der Waals surface area contributed by atoms with E-state index >= 15 is 0 Å². The number of carbonyl (C=O) groups is 1. The van der Waals surface area contributed by atoms with Crippen LogP contribution in [0.5, 0.6) is 0 Å². The van der Waals surface area contributed by atoms with E-state index in [1.54, 1.807) is 0 Å². The molecule has 0 saturated heterocycles. The van der Waals surface area contributed by atoms with E-state index in [0.29, 0.717) is 6.54 Å². The molecule has 20 heavy (non-hydrogen) atoms. The highest BCUT2D eigenvalue weighted by Gasteiger charge is 2.50. The SMILES string of the molecule is Cc1cccc(C2(C(=O)NCCNS(C)(=O)=O)CC2)c1. The molecule has 5 nitrogen and oxygen atoms in total. The van der Waals surface area contributed by atoms with Crippen LogP contribution in [-0.2, 0) is 20.2 Å². The largest absolute Gasteiger partial charge is 0.354 e. The van der Waals surface area contributed by atoms with Crippen LogP contribution in [0.4, 0.5) is 0 Å². The van der Waals surface area contributed by atoms with Gasteiger partial charge in [-0.2, -0.15) is 0 Å². The van der Waals surface area contributed by atoms with Crippen LogP contribution in [0.3, 0.4) is 0 Å². The lowest BCUT2D eigenvalue weighted by Gasteiger charge is -2.16. The maximum Gasteiger partial charge on any atom is 0.230 e. The predicted octanol–water partition coefficient (Wildman–Crippen LogP) is 0.692. The number of nitrogens with one attached hydrogen (secondary N) is 2. The van der Waals surface area contributed by atoms with Gasteiger partial charge >= 0.3 is 0 Å². The minimum Gasteiger partial charge on any atom is -0.354 e. The zero-order valence-electron chi connectivity index (χ0n) is 11.8. The lowest BCUT2D eigenvalue weighted by Crippen LogP contribution is -2.39. The number of aryl methyl sites for hydroxylation is 1. The first-order chi connectivity index (χ1) is 9.33. The highest BCUT2D eigenvalue weighted by molar-refractivity contribution is 7.88. The van der Waals surface area contributed by atoms with Crippen LogP contribution in [-0.4, -0.2) is 33.7 Å². The minimum absolute atomic E-state index is 0.0154. The summed E-state index contributed by atoms with van der Waals surface area (Å²) in [5.41, 5.74) is 1.78. The maximum atomic E-state index is 12.3. The summed E-state index contributed by atoms with van der Waals surface area (Å²) in [4.78, 5) is 12.3. The Bertz CT molecular complexity index is 607. The van der Waals surface area contributed by atoms with E-state index in [4.69, 9.17) is 0 Å². The van der Waals surface area contributed by atoms with Crippen LogP contribution in [0, 0.1) is 6.92 Å². The number of hydrogen-bond acceptors (Lipinski definition) is 3. The summed E-state index contributed by atoms with van der Waals surface area (Å²) in [6, 6.07) is 7.99. The van der Waals surface area contributed by atoms with E-state index < -0.39 is 15.4 Å². The number of benzene rings is 1. The quantitative estimate of drug-likeness (QED) is 0.759. The topological polar surface area (TPSA) is 75.3 Å². The van der Waals surface area contributed by atoms with Gasteiger partial charge in [0.15, 0.2) is 0 Å². The summed E-state index contributed by atoms with van der Waals surface area (Å²) in [6.45, 7) is 2.53. The van der Waals surface area contributed by atoms with E-state index in [1.807, 2.05) is 31.2 Å². The molecule has 1 saturated carbocycles. The van der Waals surface area contributed by atoms with Crippen LogP contribution in [0.15, 0.2) is 24.3 Å². The Hall–Kier alpha value is -1.40. The Morgan fingerprint density at radius 3 is 2.55 bits per heavy atom. The normalized spacial score (nSPS) is 16.7. The smallest absolute Gasteiger partial charge is 0.230 e. The second kappa shape index (κ2) is 5.54. The van der Waals surface area contributed by atoms with Gasteiger partial charge in [0.1, 0.15) is 0 Å². The molecule has 0 bridgehead atoms. The summed E-state index contributed by atoms with van der Waals surface area (Å²) < 4.78 is 24.2. The first-order valence-corrected chi connectivity index (χ1v) is 8.53. The van der Waals surface area contributed by atoms with Gasteiger partial charge in [-0.15, -0.1) is 0 Å². The van der Waals surface area contributed by atoms with Crippen molar-refractivity contribution in [3.05, 3.63) is 35.4 Å². The van der Waals surface area contributed by atoms with Crippen molar-refractivity contribution in [2.24, 2.45) is 0 Å². The lowest BCUT2D eigenvalue weighted by molar-refractivity contribution is -0.123. The summed E-state index contributed by atoms with van der Waals surface area (Å²) in [6.07, 6.45) is 2.80. The molecule has 1 fully saturated rings. The molecule has 1 aromatic carbocycles. The Morgan fingerprint density at radius 1 is 1.30 bits per heavy atom. The first kappa shape index (κ1) is 15.0. The average molecular weight is 296 g/mol. The van der Waals surface area contributed by atoms with Gasteiger partial charge in [0.2, 0.25) is 15.9 Å². The summed E-state index contributed by atoms with van der Waals surface area (Å²) in [5, 5.41) is 2.81. The van der Waals surface area contributed by atoms with E-state index in [9.17, 15) is 13.2 Å². The maximum absolute atomic E-state index is 12.3. The van der Waals surface area contributed by atoms with Crippen LogP contribution >= 0.6 is 0 Å². The Labute approximate surface area is 119 Å². The van der Waals surface area contributed by atoms with E-state index in [2.05, 4.69) is 10.0 Å². The molecule has 0 unspecified atom stereocenters. The Kier molecular flexibility index (Phi) is 4.15. The first-order valence-electron chi connectivity index (χ1n) is 6.64. The molecule has 6 heteroatoms. The van der Waals surface area contributed by atoms with Crippen molar-refractivity contribution in [2.45, 2.75) is 25.2 Å². The van der Waals surface area contributed by atoms with Crippen molar-refractivity contribution in [1.29, 1.82) is 0 Å². The van der Waals surface area contributed by atoms with Crippen LogP contribution in [0.2, 0.25) is 0 Å². The van der Waals surface area contributed by atoms with E-state index in [0.717, 1.165) is 30.2 Å². The molecule has 1 aliphatic rings. The molecule has 1 amide bonds. The van der Waals surface area contributed by atoms with Crippen LogP contribution in [0.25, 0.3) is 0 Å². The van der Waals surface area contributed by atoms with Crippen molar-refractivity contribution in [3.63, 3.8) is 0 Å². The number of amides is 1. The van der Waals surface area contributed by atoms with E-state index in [-0.39, 0.29) is 12.5 Å². The van der Waals surface area contributed by atoms with Crippen LogP contribution in [0.1, 0.15) is 24.0 Å². The molecule has 110 valence electrons. The molecule has 2 N–H and O–H groups in total. The van der Waals surface area contributed by atoms with Gasteiger partial charge in [-0.05, 0) is 25.3 Å². The summed E-state index contributed by atoms with van der Waals surface area (Å²) in [7, 11) is -3.20. The second-order valence-corrected chi connectivity index (χ2v) is 7.21. The molecule has 0 spiro atoms. The van der Waals surface area contributed by atoms with Crippen LogP contribution < -0.4 is 10.0 Å². The molecule has 2 rings (SSSR count). The van der Waals surface area contributed by atoms with Crippen molar-refractivity contribution in [3.8, 4) is 0 Å². The van der Waals surface area contributed by atoms with Gasteiger partial charge < -0.3 is 5.32 Å². The molecule has 1 aliphatic carbocycles. The molecular weight excluding hydrogens is 276 g/mol. The van der Waals surface area contributed by atoms with Crippen molar-refractivity contribution < 1.29 is 13.2 Å². The lowest BCUT2D eigenvalue weighted by atomic mass is 9.93. The third-order valence-electron chi connectivity index (χ3n) is 3.53. The van der Waals surface area contributed by atoms with Gasteiger partial charge in [-0.25, -0.2) is 13.1 Å². The third-order valence-corrected chi connectivity index (χ3v) is 4.26. The monoisotopic (exact) mass is 296 g/mol. The second-order valence-electron chi connectivity index (χ2n) is 5.37. The fourth-order valence-corrected chi connectivity index (χ4v) is 2.77. The summed E-state index contributed by atoms with van der Waals surface area (Å²) >= 11 is 0. The number of rotatable bonds is 6. The predicted molar refractivity (Wildman–Crippen MR) is 77.9 cm³/mol. The van der Waals surface area contributed by atoms with Gasteiger partial charge in [0, 0.05) is 13.1 Å². The molecule has 0 radical (unpaired) electrons. The fourth-order valence-electron chi connectivity index (χ4n) is 2.30. The van der Waals surface area contributed by atoms with Gasteiger partial charge in [-0.3, -0.25) is 4.79 Å². The zero-order valence-corrected chi connectivity index (χ0v) is 12.6. The van der Waals surface area contributed by atoms with Crippen molar-refractivity contribution >= 4 is 15.9 Å².